The van der Waals surface area contributed by atoms with Crippen molar-refractivity contribution in [2.24, 2.45) is 0 Å². The van der Waals surface area contributed by atoms with Crippen LogP contribution in [0.15, 0.2) is 90.0 Å². The number of amides is 1. The van der Waals surface area contributed by atoms with Crippen molar-refractivity contribution < 1.29 is 14.3 Å². The molecule has 0 atom stereocenters. The molecule has 198 valence electrons. The van der Waals surface area contributed by atoms with E-state index in [0.29, 0.717) is 39.7 Å². The molecule has 39 heavy (non-hydrogen) atoms. The number of carbonyl (C=O) groups is 1. The van der Waals surface area contributed by atoms with Gasteiger partial charge in [-0.25, -0.2) is 24.1 Å². The highest BCUT2D eigenvalue weighted by Crippen LogP contribution is 2.27. The van der Waals surface area contributed by atoms with E-state index in [0.717, 1.165) is 0 Å². The minimum absolute atomic E-state index is 0.155. The smallest absolute Gasteiger partial charge is 0.414 e. The summed E-state index contributed by atoms with van der Waals surface area (Å²) in [6, 6.07) is 23.5. The lowest BCUT2D eigenvalue weighted by molar-refractivity contribution is 0.0589. The Morgan fingerprint density at radius 3 is 2.26 bits per heavy atom. The Morgan fingerprint density at radius 1 is 0.872 bits per heavy atom. The lowest BCUT2D eigenvalue weighted by atomic mass is 10.2. The van der Waals surface area contributed by atoms with Crippen molar-refractivity contribution in [2.45, 2.75) is 26.4 Å². The molecule has 5 aromatic rings. The molecule has 0 fully saturated rings. The summed E-state index contributed by atoms with van der Waals surface area (Å²) in [5.74, 6) is 1.47. The molecular formula is C29H28N6O4. The van der Waals surface area contributed by atoms with Crippen LogP contribution in [0.3, 0.4) is 0 Å². The Labute approximate surface area is 224 Å². The van der Waals surface area contributed by atoms with Gasteiger partial charge in [0.15, 0.2) is 11.5 Å². The van der Waals surface area contributed by atoms with Crippen molar-refractivity contribution in [3.05, 3.63) is 95.7 Å². The van der Waals surface area contributed by atoms with E-state index >= 15 is 0 Å². The molecule has 0 saturated heterocycles. The van der Waals surface area contributed by atoms with Gasteiger partial charge in [-0.1, -0.05) is 24.3 Å². The van der Waals surface area contributed by atoms with Gasteiger partial charge in [-0.05, 0) is 75.4 Å². The third kappa shape index (κ3) is 5.17. The van der Waals surface area contributed by atoms with Gasteiger partial charge in [-0.3, -0.25) is 9.47 Å². The molecule has 0 unspecified atom stereocenters. The molecule has 5 rings (SSSR count). The van der Waals surface area contributed by atoms with E-state index in [-0.39, 0.29) is 5.82 Å². The molecule has 1 amide bonds. The van der Waals surface area contributed by atoms with E-state index in [4.69, 9.17) is 15.2 Å². The second-order valence-electron chi connectivity index (χ2n) is 9.85. The number of para-hydroxylation sites is 1. The molecule has 0 spiro atoms. The fraction of sp³-hybridized carbons (Fsp3) is 0.172. The fourth-order valence-corrected chi connectivity index (χ4v) is 4.08. The first kappa shape index (κ1) is 25.5. The van der Waals surface area contributed by atoms with Crippen molar-refractivity contribution in [1.82, 2.24) is 19.1 Å². The van der Waals surface area contributed by atoms with E-state index in [9.17, 15) is 9.59 Å². The summed E-state index contributed by atoms with van der Waals surface area (Å²) in [4.78, 5) is 36.4. The third-order valence-electron chi connectivity index (χ3n) is 5.87. The lowest BCUT2D eigenvalue weighted by Crippen LogP contribution is -2.34. The Balaban J connectivity index is 1.57. The van der Waals surface area contributed by atoms with Crippen molar-refractivity contribution in [3.63, 3.8) is 0 Å². The first-order valence-electron chi connectivity index (χ1n) is 12.3. The first-order chi connectivity index (χ1) is 18.6. The van der Waals surface area contributed by atoms with Gasteiger partial charge in [-0.15, -0.1) is 0 Å². The van der Waals surface area contributed by atoms with Gasteiger partial charge < -0.3 is 15.2 Å². The summed E-state index contributed by atoms with van der Waals surface area (Å²) in [5.41, 5.74) is 7.49. The molecule has 10 nitrogen and oxygen atoms in total. The van der Waals surface area contributed by atoms with Gasteiger partial charge in [0.25, 0.3) is 0 Å². The summed E-state index contributed by atoms with van der Waals surface area (Å²) >= 11 is 0. The number of hydrogen-bond acceptors (Lipinski definition) is 7. The Kier molecular flexibility index (Phi) is 6.53. The molecule has 2 N–H and O–H groups in total. The summed E-state index contributed by atoms with van der Waals surface area (Å²) in [6.45, 7) is 5.40. The van der Waals surface area contributed by atoms with Crippen molar-refractivity contribution in [3.8, 4) is 22.9 Å². The van der Waals surface area contributed by atoms with Crippen LogP contribution in [0.1, 0.15) is 20.8 Å². The van der Waals surface area contributed by atoms with E-state index in [1.54, 1.807) is 76.3 Å². The van der Waals surface area contributed by atoms with Gasteiger partial charge in [-0.2, -0.15) is 0 Å². The third-order valence-corrected chi connectivity index (χ3v) is 5.87. The maximum absolute atomic E-state index is 13.9. The quantitative estimate of drug-likeness (QED) is 0.331. The number of carbonyl (C=O) groups excluding carboxylic acids is 1. The minimum Gasteiger partial charge on any atom is -0.457 e. The average molecular weight is 525 g/mol. The number of imidazole rings is 1. The topological polar surface area (TPSA) is 118 Å². The van der Waals surface area contributed by atoms with Crippen LogP contribution >= 0.6 is 0 Å². The van der Waals surface area contributed by atoms with Crippen LogP contribution in [0, 0.1) is 0 Å². The zero-order valence-corrected chi connectivity index (χ0v) is 22.0. The van der Waals surface area contributed by atoms with Crippen LogP contribution in [0.4, 0.5) is 16.3 Å². The largest absolute Gasteiger partial charge is 0.457 e. The SMILES string of the molecule is CN(C(=O)OC(C)(C)C)c1cccc(-n2c(=O)n(-c3ccc(Oc4ccccc4)cc3)c3c(N)ncnc32)c1. The van der Waals surface area contributed by atoms with Crippen molar-refractivity contribution in [1.29, 1.82) is 0 Å². The van der Waals surface area contributed by atoms with Crippen LogP contribution in [-0.4, -0.2) is 37.8 Å². The van der Waals surface area contributed by atoms with Crippen LogP contribution in [0.5, 0.6) is 11.5 Å². The second kappa shape index (κ2) is 9.97. The van der Waals surface area contributed by atoms with Crippen LogP contribution in [0.25, 0.3) is 22.5 Å². The van der Waals surface area contributed by atoms with Gasteiger partial charge in [0.2, 0.25) is 0 Å². The highest BCUT2D eigenvalue weighted by Gasteiger charge is 2.23. The number of aromatic nitrogens is 4. The predicted molar refractivity (Wildman–Crippen MR) is 150 cm³/mol. The molecule has 0 saturated carbocycles. The average Bonchev–Trinajstić information content (AvgIpc) is 3.21. The second-order valence-corrected chi connectivity index (χ2v) is 9.85. The molecule has 0 aliphatic heterocycles. The summed E-state index contributed by atoms with van der Waals surface area (Å²) in [5, 5.41) is 0. The number of anilines is 2. The number of nitrogens with zero attached hydrogens (tertiary/aromatic N) is 5. The number of ether oxygens (including phenoxy) is 2. The monoisotopic (exact) mass is 524 g/mol. The normalized spacial score (nSPS) is 11.4. The molecule has 0 aliphatic rings. The summed E-state index contributed by atoms with van der Waals surface area (Å²) in [6.07, 6.45) is 0.796. The first-order valence-corrected chi connectivity index (χ1v) is 12.3. The van der Waals surface area contributed by atoms with Crippen LogP contribution in [0.2, 0.25) is 0 Å². The van der Waals surface area contributed by atoms with E-state index in [2.05, 4.69) is 9.97 Å². The molecule has 10 heteroatoms. The zero-order valence-electron chi connectivity index (χ0n) is 22.0. The van der Waals surface area contributed by atoms with Gasteiger partial charge in [0.1, 0.15) is 28.9 Å². The molecule has 2 aromatic heterocycles. The molecular weight excluding hydrogens is 496 g/mol. The fourth-order valence-electron chi connectivity index (χ4n) is 4.08. The predicted octanol–water partition coefficient (Wildman–Crippen LogP) is 5.32. The Hall–Kier alpha value is -5.12. The maximum Gasteiger partial charge on any atom is 0.414 e. The molecule has 2 heterocycles. The van der Waals surface area contributed by atoms with Gasteiger partial charge in [0, 0.05) is 12.7 Å². The van der Waals surface area contributed by atoms with Crippen LogP contribution in [-0.2, 0) is 4.74 Å². The number of fused-ring (bicyclic) bond motifs is 1. The van der Waals surface area contributed by atoms with Crippen molar-refractivity contribution in [2.75, 3.05) is 17.7 Å². The standard InChI is InChI=1S/C29H28N6O4/c1-29(2,3)39-28(37)33(4)20-9-8-10-21(17-20)35-26-24(25(30)31-18-32-26)34(27(35)36)19-13-15-23(16-14-19)38-22-11-6-5-7-12-22/h5-18H,1-4H3,(H2,30,31,32). The minimum atomic E-state index is -0.649. The Morgan fingerprint density at radius 2 is 1.56 bits per heavy atom. The highest BCUT2D eigenvalue weighted by atomic mass is 16.6. The van der Waals surface area contributed by atoms with E-state index < -0.39 is 17.4 Å². The number of rotatable bonds is 5. The molecule has 0 radical (unpaired) electrons. The number of nitrogens with two attached hydrogens (primary N) is 1. The molecule has 0 bridgehead atoms. The highest BCUT2D eigenvalue weighted by molar-refractivity contribution is 5.88. The number of nitrogen functional groups attached to an aromatic ring is 1. The Bertz CT molecular complexity index is 1700. The molecule has 3 aromatic carbocycles. The van der Waals surface area contributed by atoms with Crippen LogP contribution < -0.4 is 21.1 Å². The summed E-state index contributed by atoms with van der Waals surface area (Å²) in [7, 11) is 1.61. The lowest BCUT2D eigenvalue weighted by Gasteiger charge is -2.25. The van der Waals surface area contributed by atoms with E-state index in [1.807, 2.05) is 30.3 Å². The van der Waals surface area contributed by atoms with E-state index in [1.165, 1.54) is 20.4 Å². The molecule has 0 aliphatic carbocycles. The number of benzene rings is 3. The van der Waals surface area contributed by atoms with Gasteiger partial charge >= 0.3 is 11.8 Å². The zero-order chi connectivity index (χ0) is 27.7. The number of hydrogen-bond donors (Lipinski definition) is 1. The van der Waals surface area contributed by atoms with Crippen molar-refractivity contribution >= 4 is 28.8 Å². The maximum atomic E-state index is 13.9. The summed E-state index contributed by atoms with van der Waals surface area (Å²) < 4.78 is 14.3. The van der Waals surface area contributed by atoms with Gasteiger partial charge in [0.05, 0.1) is 11.4 Å².